The topological polar surface area (TPSA) is 67.4 Å². The zero-order valence-electron chi connectivity index (χ0n) is 11.6. The van der Waals surface area contributed by atoms with E-state index < -0.39 is 0 Å². The monoisotopic (exact) mass is 275 g/mol. The molecule has 0 aliphatic carbocycles. The first kappa shape index (κ1) is 13.0. The van der Waals surface area contributed by atoms with Gasteiger partial charge in [-0.2, -0.15) is 5.26 Å². The lowest BCUT2D eigenvalue weighted by Crippen LogP contribution is -2.05. The molecule has 0 aliphatic rings. The zero-order chi connectivity index (χ0) is 14.7. The maximum Gasteiger partial charge on any atom is 0.182 e. The fourth-order valence-electron chi connectivity index (χ4n) is 2.24. The van der Waals surface area contributed by atoms with Crippen LogP contribution < -0.4 is 0 Å². The quantitative estimate of drug-likeness (QED) is 0.736. The summed E-state index contributed by atoms with van der Waals surface area (Å²) >= 11 is 0. The van der Waals surface area contributed by atoms with E-state index in [-0.39, 0.29) is 0 Å². The molecule has 0 atom stereocenters. The van der Waals surface area contributed by atoms with Crippen LogP contribution in [0.4, 0.5) is 0 Å². The van der Waals surface area contributed by atoms with Crippen molar-refractivity contribution in [2.75, 3.05) is 0 Å². The summed E-state index contributed by atoms with van der Waals surface area (Å²) in [5.41, 5.74) is 3.77. The van der Waals surface area contributed by atoms with E-state index in [1.165, 1.54) is 0 Å². The highest BCUT2D eigenvalue weighted by Crippen LogP contribution is 2.20. The maximum absolute atomic E-state index is 8.96. The molecule has 2 aromatic carbocycles. The van der Waals surface area contributed by atoms with Crippen LogP contribution in [0.5, 0.6) is 0 Å². The van der Waals surface area contributed by atoms with Crippen LogP contribution in [0, 0.1) is 18.3 Å². The van der Waals surface area contributed by atoms with Crippen LogP contribution in [0.15, 0.2) is 48.5 Å². The molecular formula is C16H13N5. The molecule has 1 heterocycles. The summed E-state index contributed by atoms with van der Waals surface area (Å²) in [5.74, 6) is 0.732. The van der Waals surface area contributed by atoms with Crippen molar-refractivity contribution in [1.29, 1.82) is 5.26 Å². The molecular weight excluding hydrogens is 262 g/mol. The van der Waals surface area contributed by atoms with Crippen molar-refractivity contribution in [2.45, 2.75) is 13.5 Å². The molecule has 0 saturated carbocycles. The number of nitriles is 1. The molecule has 0 saturated heterocycles. The lowest BCUT2D eigenvalue weighted by molar-refractivity contribution is 0.653. The van der Waals surface area contributed by atoms with E-state index in [2.05, 4.69) is 21.6 Å². The third-order valence-corrected chi connectivity index (χ3v) is 3.31. The van der Waals surface area contributed by atoms with Gasteiger partial charge in [0.2, 0.25) is 0 Å². The number of aryl methyl sites for hydroxylation is 1. The van der Waals surface area contributed by atoms with Gasteiger partial charge in [-0.1, -0.05) is 36.4 Å². The first-order chi connectivity index (χ1) is 10.3. The lowest BCUT2D eigenvalue weighted by atomic mass is 10.1. The van der Waals surface area contributed by atoms with E-state index in [0.717, 1.165) is 22.5 Å². The zero-order valence-corrected chi connectivity index (χ0v) is 11.6. The first-order valence-corrected chi connectivity index (χ1v) is 6.59. The van der Waals surface area contributed by atoms with E-state index in [1.807, 2.05) is 49.4 Å². The Balaban J connectivity index is 1.97. The van der Waals surface area contributed by atoms with Gasteiger partial charge in [-0.15, -0.1) is 5.10 Å². The number of hydrogen-bond acceptors (Lipinski definition) is 4. The third-order valence-electron chi connectivity index (χ3n) is 3.31. The predicted molar refractivity (Wildman–Crippen MR) is 78.2 cm³/mol. The van der Waals surface area contributed by atoms with Crippen LogP contribution in [-0.2, 0) is 6.54 Å². The van der Waals surface area contributed by atoms with Crippen LogP contribution in [0.2, 0.25) is 0 Å². The molecule has 0 aliphatic heterocycles. The molecule has 21 heavy (non-hydrogen) atoms. The Labute approximate surface area is 122 Å². The Morgan fingerprint density at radius 3 is 2.81 bits per heavy atom. The van der Waals surface area contributed by atoms with E-state index >= 15 is 0 Å². The minimum Gasteiger partial charge on any atom is -0.221 e. The summed E-state index contributed by atoms with van der Waals surface area (Å²) in [6, 6.07) is 17.6. The molecule has 0 bridgehead atoms. The maximum atomic E-state index is 8.96. The van der Waals surface area contributed by atoms with Crippen molar-refractivity contribution >= 4 is 0 Å². The fourth-order valence-corrected chi connectivity index (χ4v) is 2.24. The van der Waals surface area contributed by atoms with Crippen molar-refractivity contribution in [3.8, 4) is 17.5 Å². The molecule has 0 N–H and O–H groups in total. The predicted octanol–water partition coefficient (Wildman–Crippen LogP) is 2.57. The standard InChI is InChI=1S/C16H13N5/c1-12-5-2-3-8-15(12)16-18-19-20-21(16)11-14-7-4-6-13(9-14)10-17/h2-9H,11H2,1H3. The van der Waals surface area contributed by atoms with E-state index in [4.69, 9.17) is 5.26 Å². The molecule has 3 rings (SSSR count). The Bertz CT molecular complexity index is 813. The Hall–Kier alpha value is -3.00. The average Bonchev–Trinajstić information content (AvgIpc) is 2.96. The first-order valence-electron chi connectivity index (χ1n) is 6.59. The Morgan fingerprint density at radius 1 is 1.14 bits per heavy atom. The van der Waals surface area contributed by atoms with Crippen LogP contribution in [0.1, 0.15) is 16.7 Å². The Morgan fingerprint density at radius 2 is 2.00 bits per heavy atom. The summed E-state index contributed by atoms with van der Waals surface area (Å²) < 4.78 is 1.75. The number of tetrazole rings is 1. The minimum atomic E-state index is 0.534. The molecule has 0 amide bonds. The molecule has 5 heteroatoms. The van der Waals surface area contributed by atoms with Crippen LogP contribution in [0.3, 0.4) is 0 Å². The summed E-state index contributed by atoms with van der Waals surface area (Å²) in [4.78, 5) is 0. The molecule has 0 radical (unpaired) electrons. The van der Waals surface area contributed by atoms with Gasteiger partial charge in [0.25, 0.3) is 0 Å². The summed E-state index contributed by atoms with van der Waals surface area (Å²) in [7, 11) is 0. The van der Waals surface area contributed by atoms with Gasteiger partial charge >= 0.3 is 0 Å². The van der Waals surface area contributed by atoms with Gasteiger partial charge in [-0.3, -0.25) is 0 Å². The third kappa shape index (κ3) is 2.65. The van der Waals surface area contributed by atoms with Crippen LogP contribution in [0.25, 0.3) is 11.4 Å². The van der Waals surface area contributed by atoms with Crippen molar-refractivity contribution in [3.05, 3.63) is 65.2 Å². The molecule has 0 spiro atoms. The fraction of sp³-hybridized carbons (Fsp3) is 0.125. The van der Waals surface area contributed by atoms with E-state index in [0.29, 0.717) is 12.1 Å². The molecule has 3 aromatic rings. The highest BCUT2D eigenvalue weighted by atomic mass is 15.5. The smallest absolute Gasteiger partial charge is 0.182 e. The molecule has 0 fully saturated rings. The minimum absolute atomic E-state index is 0.534. The average molecular weight is 275 g/mol. The second kappa shape index (κ2) is 5.55. The van der Waals surface area contributed by atoms with E-state index in [9.17, 15) is 0 Å². The number of nitrogens with zero attached hydrogens (tertiary/aromatic N) is 5. The van der Waals surface area contributed by atoms with Gasteiger partial charge in [-0.25, -0.2) is 4.68 Å². The Kier molecular flexibility index (Phi) is 3.44. The van der Waals surface area contributed by atoms with E-state index in [1.54, 1.807) is 10.7 Å². The SMILES string of the molecule is Cc1ccccc1-c1nnnn1Cc1cccc(C#N)c1. The van der Waals surface area contributed by atoms with Crippen molar-refractivity contribution in [3.63, 3.8) is 0 Å². The molecule has 0 unspecified atom stereocenters. The highest BCUT2D eigenvalue weighted by molar-refractivity contribution is 5.59. The van der Waals surface area contributed by atoms with Crippen LogP contribution >= 0.6 is 0 Å². The summed E-state index contributed by atoms with van der Waals surface area (Å²) in [5, 5.41) is 20.9. The van der Waals surface area contributed by atoms with Gasteiger partial charge in [0.05, 0.1) is 18.2 Å². The number of aromatic nitrogens is 4. The molecule has 102 valence electrons. The van der Waals surface area contributed by atoms with Gasteiger partial charge in [0.1, 0.15) is 0 Å². The van der Waals surface area contributed by atoms with Crippen molar-refractivity contribution in [2.24, 2.45) is 0 Å². The van der Waals surface area contributed by atoms with Crippen molar-refractivity contribution < 1.29 is 0 Å². The van der Waals surface area contributed by atoms with Gasteiger partial charge < -0.3 is 0 Å². The largest absolute Gasteiger partial charge is 0.221 e. The number of benzene rings is 2. The van der Waals surface area contributed by atoms with Crippen molar-refractivity contribution in [1.82, 2.24) is 20.2 Å². The number of rotatable bonds is 3. The molecule has 1 aromatic heterocycles. The lowest BCUT2D eigenvalue weighted by Gasteiger charge is -2.07. The van der Waals surface area contributed by atoms with Gasteiger partial charge in [-0.05, 0) is 40.6 Å². The van der Waals surface area contributed by atoms with Crippen LogP contribution in [-0.4, -0.2) is 20.2 Å². The molecule has 5 nitrogen and oxygen atoms in total. The highest BCUT2D eigenvalue weighted by Gasteiger charge is 2.11. The summed E-state index contributed by atoms with van der Waals surface area (Å²) in [6.45, 7) is 2.57. The summed E-state index contributed by atoms with van der Waals surface area (Å²) in [6.07, 6.45) is 0. The second-order valence-electron chi connectivity index (χ2n) is 4.79. The van der Waals surface area contributed by atoms with Gasteiger partial charge in [0.15, 0.2) is 5.82 Å². The number of hydrogen-bond donors (Lipinski definition) is 0. The van der Waals surface area contributed by atoms with Gasteiger partial charge in [0, 0.05) is 5.56 Å². The normalized spacial score (nSPS) is 10.3. The second-order valence-corrected chi connectivity index (χ2v) is 4.79.